The Balaban J connectivity index is 2.70. The molecule has 106 valence electrons. The second-order valence-corrected chi connectivity index (χ2v) is 5.11. The van der Waals surface area contributed by atoms with Crippen molar-refractivity contribution in [3.05, 3.63) is 0 Å². The van der Waals surface area contributed by atoms with Crippen molar-refractivity contribution in [2.75, 3.05) is 40.0 Å². The highest BCUT2D eigenvalue weighted by atomic mass is 16.5. The molecule has 1 aliphatic rings. The first kappa shape index (κ1) is 15.4. The molecule has 1 rings (SSSR count). The summed E-state index contributed by atoms with van der Waals surface area (Å²) in [4.78, 5) is 13.7. The van der Waals surface area contributed by atoms with Crippen molar-refractivity contribution in [1.82, 2.24) is 4.90 Å². The lowest BCUT2D eigenvalue weighted by molar-refractivity contribution is -0.150. The van der Waals surface area contributed by atoms with Gasteiger partial charge in [-0.3, -0.25) is 9.69 Å². The number of carbonyl (C=O) groups is 1. The van der Waals surface area contributed by atoms with E-state index in [-0.39, 0.29) is 0 Å². The normalized spacial score (nSPS) is 25.6. The van der Waals surface area contributed by atoms with Crippen LogP contribution >= 0.6 is 0 Å². The summed E-state index contributed by atoms with van der Waals surface area (Å²) in [5.41, 5.74) is -0.739. The van der Waals surface area contributed by atoms with Crippen LogP contribution in [-0.2, 0) is 14.3 Å². The van der Waals surface area contributed by atoms with Gasteiger partial charge >= 0.3 is 5.97 Å². The Morgan fingerprint density at radius 3 is 2.78 bits per heavy atom. The number of hydrogen-bond acceptors (Lipinski definition) is 4. The molecule has 0 aliphatic carbocycles. The van der Waals surface area contributed by atoms with E-state index in [0.717, 1.165) is 13.0 Å². The second-order valence-electron chi connectivity index (χ2n) is 5.11. The van der Waals surface area contributed by atoms with Gasteiger partial charge in [0, 0.05) is 32.8 Å². The number of carboxylic acids is 1. The summed E-state index contributed by atoms with van der Waals surface area (Å²) < 4.78 is 10.4. The van der Waals surface area contributed by atoms with Gasteiger partial charge in [0.2, 0.25) is 0 Å². The minimum absolute atomic E-state index is 0.322. The predicted molar refractivity (Wildman–Crippen MR) is 68.7 cm³/mol. The first-order chi connectivity index (χ1) is 8.55. The molecule has 1 heterocycles. The zero-order chi connectivity index (χ0) is 13.6. The number of nitrogens with zero attached hydrogens (tertiary/aromatic N) is 1. The Morgan fingerprint density at radius 2 is 2.33 bits per heavy atom. The Morgan fingerprint density at radius 1 is 1.61 bits per heavy atom. The minimum atomic E-state index is -0.745. The summed E-state index contributed by atoms with van der Waals surface area (Å²) in [5.74, 6) is -0.745. The molecule has 2 unspecified atom stereocenters. The maximum absolute atomic E-state index is 11.5. The lowest BCUT2D eigenvalue weighted by atomic mass is 9.86. The highest BCUT2D eigenvalue weighted by molar-refractivity contribution is 5.75. The SMILES string of the molecule is CCC(C)N(CCOC)CC1(C(=O)O)CCOC1. The molecule has 0 saturated carbocycles. The molecular weight excluding hydrogens is 234 g/mol. The van der Waals surface area contributed by atoms with Crippen molar-refractivity contribution in [2.24, 2.45) is 5.41 Å². The van der Waals surface area contributed by atoms with Crippen molar-refractivity contribution in [3.8, 4) is 0 Å². The summed E-state index contributed by atoms with van der Waals surface area (Å²) in [7, 11) is 1.67. The molecule has 5 nitrogen and oxygen atoms in total. The number of ether oxygens (including phenoxy) is 2. The smallest absolute Gasteiger partial charge is 0.313 e. The van der Waals surface area contributed by atoms with Gasteiger partial charge in [0.15, 0.2) is 0 Å². The summed E-state index contributed by atoms with van der Waals surface area (Å²) in [6.07, 6.45) is 1.60. The van der Waals surface area contributed by atoms with E-state index < -0.39 is 11.4 Å². The third-order valence-corrected chi connectivity index (χ3v) is 3.86. The Hall–Kier alpha value is -0.650. The number of rotatable bonds is 8. The molecule has 0 aromatic carbocycles. The first-order valence-corrected chi connectivity index (χ1v) is 6.60. The van der Waals surface area contributed by atoms with Gasteiger partial charge in [-0.25, -0.2) is 0 Å². The largest absolute Gasteiger partial charge is 0.481 e. The molecule has 1 fully saturated rings. The van der Waals surface area contributed by atoms with E-state index in [9.17, 15) is 9.90 Å². The zero-order valence-electron chi connectivity index (χ0n) is 11.6. The van der Waals surface area contributed by atoms with Crippen LogP contribution in [0.2, 0.25) is 0 Å². The van der Waals surface area contributed by atoms with Gasteiger partial charge in [0.05, 0.1) is 13.2 Å². The second kappa shape index (κ2) is 7.07. The standard InChI is InChI=1S/C13H25NO4/c1-4-11(2)14(6-8-17-3)9-13(12(15)16)5-7-18-10-13/h11H,4-10H2,1-3H3,(H,15,16). The fraction of sp³-hybridized carbons (Fsp3) is 0.923. The van der Waals surface area contributed by atoms with Gasteiger partial charge in [-0.05, 0) is 19.8 Å². The van der Waals surface area contributed by atoms with Gasteiger partial charge < -0.3 is 14.6 Å². The molecule has 5 heteroatoms. The third kappa shape index (κ3) is 3.67. The Kier molecular flexibility index (Phi) is 6.05. The van der Waals surface area contributed by atoms with Crippen molar-refractivity contribution in [2.45, 2.75) is 32.7 Å². The van der Waals surface area contributed by atoms with Crippen LogP contribution in [0.15, 0.2) is 0 Å². The quantitative estimate of drug-likeness (QED) is 0.710. The molecule has 1 N–H and O–H groups in total. The lowest BCUT2D eigenvalue weighted by Crippen LogP contribution is -2.47. The minimum Gasteiger partial charge on any atom is -0.481 e. The van der Waals surface area contributed by atoms with Crippen LogP contribution in [0.4, 0.5) is 0 Å². The average Bonchev–Trinajstić information content (AvgIpc) is 2.83. The van der Waals surface area contributed by atoms with Crippen LogP contribution in [0.25, 0.3) is 0 Å². The average molecular weight is 259 g/mol. The van der Waals surface area contributed by atoms with Gasteiger partial charge in [-0.2, -0.15) is 0 Å². The van der Waals surface area contributed by atoms with E-state index in [1.54, 1.807) is 7.11 Å². The van der Waals surface area contributed by atoms with Crippen LogP contribution in [0.5, 0.6) is 0 Å². The van der Waals surface area contributed by atoms with Gasteiger partial charge in [0.25, 0.3) is 0 Å². The highest BCUT2D eigenvalue weighted by Crippen LogP contribution is 2.31. The molecule has 1 saturated heterocycles. The molecule has 0 amide bonds. The maximum Gasteiger partial charge on any atom is 0.313 e. The van der Waals surface area contributed by atoms with E-state index in [2.05, 4.69) is 18.7 Å². The summed E-state index contributed by atoms with van der Waals surface area (Å²) in [6.45, 7) is 7.04. The van der Waals surface area contributed by atoms with E-state index in [4.69, 9.17) is 9.47 Å². The first-order valence-electron chi connectivity index (χ1n) is 6.60. The van der Waals surface area contributed by atoms with E-state index in [1.165, 1.54) is 0 Å². The van der Waals surface area contributed by atoms with E-state index >= 15 is 0 Å². The van der Waals surface area contributed by atoms with Crippen molar-refractivity contribution in [1.29, 1.82) is 0 Å². The van der Waals surface area contributed by atoms with E-state index in [0.29, 0.717) is 38.8 Å². The van der Waals surface area contributed by atoms with Crippen molar-refractivity contribution >= 4 is 5.97 Å². The molecule has 1 aliphatic heterocycles. The van der Waals surface area contributed by atoms with Crippen LogP contribution in [0.3, 0.4) is 0 Å². The van der Waals surface area contributed by atoms with Crippen LogP contribution in [0.1, 0.15) is 26.7 Å². The fourth-order valence-corrected chi connectivity index (χ4v) is 2.28. The number of carboxylic acid groups (broad SMARTS) is 1. The van der Waals surface area contributed by atoms with Gasteiger partial charge in [-0.15, -0.1) is 0 Å². The zero-order valence-corrected chi connectivity index (χ0v) is 11.6. The highest BCUT2D eigenvalue weighted by Gasteiger charge is 2.44. The number of hydrogen-bond donors (Lipinski definition) is 1. The number of aliphatic carboxylic acids is 1. The summed E-state index contributed by atoms with van der Waals surface area (Å²) in [6, 6.07) is 0.358. The fourth-order valence-electron chi connectivity index (χ4n) is 2.28. The molecule has 0 radical (unpaired) electrons. The molecule has 0 bridgehead atoms. The lowest BCUT2D eigenvalue weighted by Gasteiger charge is -2.34. The van der Waals surface area contributed by atoms with Crippen LogP contribution in [0, 0.1) is 5.41 Å². The molecule has 18 heavy (non-hydrogen) atoms. The maximum atomic E-state index is 11.5. The van der Waals surface area contributed by atoms with Crippen molar-refractivity contribution in [3.63, 3.8) is 0 Å². The molecular formula is C13H25NO4. The van der Waals surface area contributed by atoms with Crippen LogP contribution < -0.4 is 0 Å². The monoisotopic (exact) mass is 259 g/mol. The van der Waals surface area contributed by atoms with Crippen LogP contribution in [-0.4, -0.2) is 62.0 Å². The molecule has 2 atom stereocenters. The van der Waals surface area contributed by atoms with Gasteiger partial charge in [-0.1, -0.05) is 6.92 Å². The third-order valence-electron chi connectivity index (χ3n) is 3.86. The Bertz CT molecular complexity index is 264. The topological polar surface area (TPSA) is 59.0 Å². The van der Waals surface area contributed by atoms with E-state index in [1.807, 2.05) is 0 Å². The molecule has 0 aromatic rings. The predicted octanol–water partition coefficient (Wildman–Crippen LogP) is 1.22. The molecule has 0 aromatic heterocycles. The van der Waals surface area contributed by atoms with Crippen molar-refractivity contribution < 1.29 is 19.4 Å². The summed E-state index contributed by atoms with van der Waals surface area (Å²) in [5, 5.41) is 9.45. The van der Waals surface area contributed by atoms with Gasteiger partial charge in [0.1, 0.15) is 5.41 Å². The number of methoxy groups -OCH3 is 1. The summed E-state index contributed by atoms with van der Waals surface area (Å²) >= 11 is 0. The molecule has 0 spiro atoms. The Labute approximate surface area is 109 Å².